The summed E-state index contributed by atoms with van der Waals surface area (Å²) in [7, 11) is 0. The summed E-state index contributed by atoms with van der Waals surface area (Å²) in [6.45, 7) is 0. The Bertz CT molecular complexity index is 665. The maximum atomic E-state index is 11.9. The molecule has 0 radical (unpaired) electrons. The van der Waals surface area contributed by atoms with Gasteiger partial charge in [-0.1, -0.05) is 12.1 Å². The van der Waals surface area contributed by atoms with E-state index >= 15 is 0 Å². The number of ketones is 1. The number of Topliss-reactive ketones (excluding diaryl/α,β-unsaturated/α-hetero) is 1. The summed E-state index contributed by atoms with van der Waals surface area (Å²) in [5.74, 6) is -1.03. The molecule has 1 aromatic carbocycles. The molecule has 0 saturated heterocycles. The summed E-state index contributed by atoms with van der Waals surface area (Å²) in [5.41, 5.74) is 5.01. The molecular formula is C15H13IN2O4. The number of benzene rings is 1. The quantitative estimate of drug-likeness (QED) is 0.448. The lowest BCUT2D eigenvalue weighted by atomic mass is 10.1. The number of hydrazine groups is 1. The summed E-state index contributed by atoms with van der Waals surface area (Å²) >= 11 is 2.15. The molecular weight excluding hydrogens is 399 g/mol. The van der Waals surface area contributed by atoms with Crippen LogP contribution < -0.4 is 10.9 Å². The molecule has 22 heavy (non-hydrogen) atoms. The topological polar surface area (TPSA) is 88.4 Å². The van der Waals surface area contributed by atoms with Gasteiger partial charge in [0.1, 0.15) is 0 Å². The van der Waals surface area contributed by atoms with Gasteiger partial charge in [0.25, 0.3) is 0 Å². The number of furan rings is 1. The van der Waals surface area contributed by atoms with Crippen molar-refractivity contribution in [3.63, 3.8) is 0 Å². The Labute approximate surface area is 140 Å². The Hall–Kier alpha value is -2.16. The van der Waals surface area contributed by atoms with E-state index in [9.17, 15) is 14.4 Å². The van der Waals surface area contributed by atoms with Crippen molar-refractivity contribution in [2.45, 2.75) is 12.8 Å². The van der Waals surface area contributed by atoms with Gasteiger partial charge in [-0.05, 0) is 46.9 Å². The SMILES string of the molecule is O=C(CCC(=O)c1ccc(I)cc1)NNC(=O)c1ccco1. The molecule has 0 aliphatic rings. The molecule has 6 nitrogen and oxygen atoms in total. The summed E-state index contributed by atoms with van der Waals surface area (Å²) < 4.78 is 5.91. The molecule has 2 amide bonds. The molecule has 0 bridgehead atoms. The van der Waals surface area contributed by atoms with Gasteiger partial charge in [-0.3, -0.25) is 25.2 Å². The van der Waals surface area contributed by atoms with Crippen molar-refractivity contribution >= 4 is 40.2 Å². The monoisotopic (exact) mass is 412 g/mol. The van der Waals surface area contributed by atoms with Crippen molar-refractivity contribution < 1.29 is 18.8 Å². The van der Waals surface area contributed by atoms with Crippen molar-refractivity contribution in [3.8, 4) is 0 Å². The molecule has 0 unspecified atom stereocenters. The second-order valence-electron chi connectivity index (χ2n) is 4.41. The number of carbonyl (C=O) groups excluding carboxylic acids is 3. The summed E-state index contributed by atoms with van der Waals surface area (Å²) in [6, 6.07) is 10.1. The minimum absolute atomic E-state index is 0.0107. The summed E-state index contributed by atoms with van der Waals surface area (Å²) in [4.78, 5) is 35.0. The van der Waals surface area contributed by atoms with Gasteiger partial charge >= 0.3 is 5.91 Å². The van der Waals surface area contributed by atoms with Gasteiger partial charge in [0, 0.05) is 22.0 Å². The first kappa shape index (κ1) is 16.2. The van der Waals surface area contributed by atoms with Crippen molar-refractivity contribution in [1.82, 2.24) is 10.9 Å². The second-order valence-corrected chi connectivity index (χ2v) is 5.66. The van der Waals surface area contributed by atoms with Crippen LogP contribution in [0.2, 0.25) is 0 Å². The van der Waals surface area contributed by atoms with Crippen LogP contribution in [0, 0.1) is 3.57 Å². The highest BCUT2D eigenvalue weighted by Crippen LogP contribution is 2.09. The average molecular weight is 412 g/mol. The van der Waals surface area contributed by atoms with Crippen LogP contribution in [0.25, 0.3) is 0 Å². The van der Waals surface area contributed by atoms with E-state index in [1.807, 2.05) is 12.1 Å². The van der Waals surface area contributed by atoms with Crippen LogP contribution in [0.3, 0.4) is 0 Å². The Balaban J connectivity index is 1.74. The molecule has 114 valence electrons. The van der Waals surface area contributed by atoms with E-state index in [0.29, 0.717) is 5.56 Å². The lowest BCUT2D eigenvalue weighted by Gasteiger charge is -2.05. The first-order valence-electron chi connectivity index (χ1n) is 6.47. The van der Waals surface area contributed by atoms with Crippen LogP contribution >= 0.6 is 22.6 Å². The van der Waals surface area contributed by atoms with Gasteiger partial charge in [0.2, 0.25) is 5.91 Å². The lowest BCUT2D eigenvalue weighted by molar-refractivity contribution is -0.121. The number of amides is 2. The molecule has 7 heteroatoms. The Kier molecular flexibility index (Phi) is 5.70. The van der Waals surface area contributed by atoms with E-state index in [1.54, 1.807) is 18.2 Å². The van der Waals surface area contributed by atoms with Gasteiger partial charge in [-0.2, -0.15) is 0 Å². The molecule has 0 aliphatic heterocycles. The summed E-state index contributed by atoms with van der Waals surface area (Å²) in [6.07, 6.45) is 1.42. The van der Waals surface area contributed by atoms with E-state index in [1.165, 1.54) is 12.3 Å². The zero-order chi connectivity index (χ0) is 15.9. The van der Waals surface area contributed by atoms with Crippen molar-refractivity contribution in [3.05, 3.63) is 57.6 Å². The molecule has 0 aliphatic carbocycles. The largest absolute Gasteiger partial charge is 0.459 e. The number of nitrogens with one attached hydrogen (secondary N) is 2. The minimum Gasteiger partial charge on any atom is -0.459 e. The van der Waals surface area contributed by atoms with Crippen molar-refractivity contribution in [2.75, 3.05) is 0 Å². The number of rotatable bonds is 5. The Morgan fingerprint density at radius 2 is 1.73 bits per heavy atom. The van der Waals surface area contributed by atoms with E-state index in [4.69, 9.17) is 4.42 Å². The second kappa shape index (κ2) is 7.74. The standard InChI is InChI=1S/C15H13IN2O4/c16-11-5-3-10(4-6-11)12(19)7-8-14(20)17-18-15(21)13-2-1-9-22-13/h1-6,9H,7-8H2,(H,17,20)(H,18,21). The molecule has 0 spiro atoms. The normalized spacial score (nSPS) is 10.0. The number of halogens is 1. The fourth-order valence-corrected chi connectivity index (χ4v) is 2.03. The van der Waals surface area contributed by atoms with Gasteiger partial charge in [-0.15, -0.1) is 0 Å². The summed E-state index contributed by atoms with van der Waals surface area (Å²) in [5, 5.41) is 0. The minimum atomic E-state index is -0.553. The Morgan fingerprint density at radius 3 is 2.36 bits per heavy atom. The maximum absolute atomic E-state index is 11.9. The molecule has 0 saturated carbocycles. The van der Waals surface area contributed by atoms with E-state index in [0.717, 1.165) is 3.57 Å². The third-order valence-electron chi connectivity index (χ3n) is 2.81. The highest BCUT2D eigenvalue weighted by Gasteiger charge is 2.12. The first-order chi connectivity index (χ1) is 10.6. The van der Waals surface area contributed by atoms with Crippen LogP contribution in [0.5, 0.6) is 0 Å². The predicted molar refractivity (Wildman–Crippen MR) is 87.0 cm³/mol. The molecule has 1 aromatic heterocycles. The van der Waals surface area contributed by atoms with Gasteiger partial charge in [0.15, 0.2) is 11.5 Å². The first-order valence-corrected chi connectivity index (χ1v) is 7.55. The lowest BCUT2D eigenvalue weighted by Crippen LogP contribution is -2.41. The predicted octanol–water partition coefficient (Wildman–Crippen LogP) is 2.31. The molecule has 2 N–H and O–H groups in total. The van der Waals surface area contributed by atoms with Crippen LogP contribution in [0.4, 0.5) is 0 Å². The van der Waals surface area contributed by atoms with Crippen LogP contribution in [-0.4, -0.2) is 17.6 Å². The molecule has 2 aromatic rings. The molecule has 0 atom stereocenters. The molecule has 1 heterocycles. The molecule has 0 fully saturated rings. The van der Waals surface area contributed by atoms with Gasteiger partial charge in [0.05, 0.1) is 6.26 Å². The number of hydrogen-bond donors (Lipinski definition) is 2. The fraction of sp³-hybridized carbons (Fsp3) is 0.133. The third-order valence-corrected chi connectivity index (χ3v) is 3.52. The zero-order valence-electron chi connectivity index (χ0n) is 11.5. The smallest absolute Gasteiger partial charge is 0.305 e. The van der Waals surface area contributed by atoms with E-state index in [2.05, 4.69) is 33.4 Å². The zero-order valence-corrected chi connectivity index (χ0v) is 13.6. The fourth-order valence-electron chi connectivity index (χ4n) is 1.67. The number of carbonyl (C=O) groups is 3. The highest BCUT2D eigenvalue weighted by molar-refractivity contribution is 14.1. The third kappa shape index (κ3) is 4.69. The van der Waals surface area contributed by atoms with Crippen LogP contribution in [0.15, 0.2) is 47.1 Å². The van der Waals surface area contributed by atoms with Crippen LogP contribution in [-0.2, 0) is 4.79 Å². The van der Waals surface area contributed by atoms with Crippen molar-refractivity contribution in [2.24, 2.45) is 0 Å². The highest BCUT2D eigenvalue weighted by atomic mass is 127. The molecule has 2 rings (SSSR count). The van der Waals surface area contributed by atoms with Gasteiger partial charge < -0.3 is 4.42 Å². The van der Waals surface area contributed by atoms with Crippen LogP contribution in [0.1, 0.15) is 33.8 Å². The van der Waals surface area contributed by atoms with Crippen molar-refractivity contribution in [1.29, 1.82) is 0 Å². The van der Waals surface area contributed by atoms with E-state index < -0.39 is 11.8 Å². The maximum Gasteiger partial charge on any atom is 0.305 e. The van der Waals surface area contributed by atoms with E-state index in [-0.39, 0.29) is 24.4 Å². The average Bonchev–Trinajstić information content (AvgIpc) is 3.05. The van der Waals surface area contributed by atoms with Gasteiger partial charge in [-0.25, -0.2) is 0 Å². The number of hydrogen-bond acceptors (Lipinski definition) is 4. The Morgan fingerprint density at radius 1 is 1.00 bits per heavy atom.